The molecule has 1 aromatic heterocycles. The quantitative estimate of drug-likeness (QED) is 0.851. The minimum Gasteiger partial charge on any atom is -0.490 e. The van der Waals surface area contributed by atoms with Gasteiger partial charge in [-0.1, -0.05) is 12.1 Å². The monoisotopic (exact) mass is 288 g/mol. The zero-order valence-corrected chi connectivity index (χ0v) is 11.8. The molecule has 110 valence electrons. The smallest absolute Gasteiger partial charge is 0.343 e. The predicted octanol–water partition coefficient (Wildman–Crippen LogP) is 2.64. The number of carbonyl (C=O) groups is 1. The summed E-state index contributed by atoms with van der Waals surface area (Å²) in [6, 6.07) is 8.58. The molecule has 0 fully saturated rings. The fraction of sp³-hybridized carbons (Fsp3) is 0.200. The number of benzene rings is 1. The third-order valence-electron chi connectivity index (χ3n) is 2.63. The standard InChI is InChI=1S/C15H16N2O4/c1-3-20-12-6-4-5-7-13(12)21-14-11(15(18)19-2)8-10(16)9-17-14/h4-9H,3,16H2,1-2H3. The maximum Gasteiger partial charge on any atom is 0.343 e. The maximum atomic E-state index is 11.8. The number of hydrogen-bond acceptors (Lipinski definition) is 6. The lowest BCUT2D eigenvalue weighted by Crippen LogP contribution is -2.06. The SMILES string of the molecule is CCOc1ccccc1Oc1ncc(N)cc1C(=O)OC. The second kappa shape index (κ2) is 6.60. The predicted molar refractivity (Wildman–Crippen MR) is 77.7 cm³/mol. The number of aromatic nitrogens is 1. The van der Waals surface area contributed by atoms with Crippen molar-refractivity contribution in [1.29, 1.82) is 0 Å². The summed E-state index contributed by atoms with van der Waals surface area (Å²) < 4.78 is 15.8. The molecular formula is C15H16N2O4. The number of pyridine rings is 1. The minimum atomic E-state index is -0.571. The highest BCUT2D eigenvalue weighted by molar-refractivity contribution is 5.92. The summed E-state index contributed by atoms with van der Waals surface area (Å²) in [5, 5.41) is 0. The number of nitrogens with zero attached hydrogens (tertiary/aromatic N) is 1. The van der Waals surface area contributed by atoms with Crippen molar-refractivity contribution in [3.8, 4) is 17.4 Å². The van der Waals surface area contributed by atoms with Crippen molar-refractivity contribution in [2.75, 3.05) is 19.5 Å². The first-order valence-electron chi connectivity index (χ1n) is 6.39. The fourth-order valence-corrected chi connectivity index (χ4v) is 1.72. The molecule has 0 amide bonds. The van der Waals surface area contributed by atoms with E-state index in [0.717, 1.165) is 0 Å². The first-order valence-corrected chi connectivity index (χ1v) is 6.39. The normalized spacial score (nSPS) is 10.0. The fourth-order valence-electron chi connectivity index (χ4n) is 1.72. The van der Waals surface area contributed by atoms with Gasteiger partial charge in [0.1, 0.15) is 5.56 Å². The van der Waals surface area contributed by atoms with Gasteiger partial charge in [-0.05, 0) is 25.1 Å². The highest BCUT2D eigenvalue weighted by atomic mass is 16.5. The molecule has 0 aliphatic rings. The Labute approximate surface area is 122 Å². The van der Waals surface area contributed by atoms with Gasteiger partial charge in [-0.2, -0.15) is 0 Å². The van der Waals surface area contributed by atoms with Crippen molar-refractivity contribution in [2.45, 2.75) is 6.92 Å². The van der Waals surface area contributed by atoms with Crippen molar-refractivity contribution in [1.82, 2.24) is 4.98 Å². The summed E-state index contributed by atoms with van der Waals surface area (Å²) in [6.45, 7) is 2.37. The van der Waals surface area contributed by atoms with Gasteiger partial charge in [-0.3, -0.25) is 0 Å². The largest absolute Gasteiger partial charge is 0.490 e. The van der Waals surface area contributed by atoms with Crippen LogP contribution in [-0.2, 0) is 4.74 Å². The van der Waals surface area contributed by atoms with Crippen LogP contribution in [0.1, 0.15) is 17.3 Å². The number of nitrogen functional groups attached to an aromatic ring is 1. The Bertz CT molecular complexity index is 643. The van der Waals surface area contributed by atoms with Gasteiger partial charge in [0.25, 0.3) is 0 Å². The van der Waals surface area contributed by atoms with Crippen LogP contribution >= 0.6 is 0 Å². The molecule has 0 unspecified atom stereocenters. The van der Waals surface area contributed by atoms with Gasteiger partial charge in [0, 0.05) is 0 Å². The Morgan fingerprint density at radius 3 is 2.67 bits per heavy atom. The summed E-state index contributed by atoms with van der Waals surface area (Å²) in [5.41, 5.74) is 6.14. The molecule has 0 saturated heterocycles. The van der Waals surface area contributed by atoms with E-state index in [1.807, 2.05) is 13.0 Å². The van der Waals surface area contributed by atoms with Crippen LogP contribution in [0.4, 0.5) is 5.69 Å². The van der Waals surface area contributed by atoms with E-state index < -0.39 is 5.97 Å². The molecular weight excluding hydrogens is 272 g/mol. The first kappa shape index (κ1) is 14.6. The lowest BCUT2D eigenvalue weighted by molar-refractivity contribution is 0.0597. The van der Waals surface area contributed by atoms with E-state index in [-0.39, 0.29) is 11.4 Å². The molecule has 0 aliphatic heterocycles. The van der Waals surface area contributed by atoms with Crippen LogP contribution in [0.3, 0.4) is 0 Å². The Hall–Kier alpha value is -2.76. The second-order valence-electron chi connectivity index (χ2n) is 4.09. The topological polar surface area (TPSA) is 83.7 Å². The Kier molecular flexibility index (Phi) is 4.61. The van der Waals surface area contributed by atoms with E-state index in [2.05, 4.69) is 4.98 Å². The van der Waals surface area contributed by atoms with Crippen LogP contribution in [0.25, 0.3) is 0 Å². The summed E-state index contributed by atoms with van der Waals surface area (Å²) in [4.78, 5) is 15.8. The zero-order valence-electron chi connectivity index (χ0n) is 11.8. The zero-order chi connectivity index (χ0) is 15.2. The lowest BCUT2D eigenvalue weighted by atomic mass is 10.2. The highest BCUT2D eigenvalue weighted by Crippen LogP contribution is 2.32. The number of ether oxygens (including phenoxy) is 3. The summed E-state index contributed by atoms with van der Waals surface area (Å²) in [5.74, 6) is 0.568. The number of anilines is 1. The van der Waals surface area contributed by atoms with Gasteiger partial charge in [0.2, 0.25) is 5.88 Å². The van der Waals surface area contributed by atoms with Crippen molar-refractivity contribution >= 4 is 11.7 Å². The molecule has 0 bridgehead atoms. The van der Waals surface area contributed by atoms with Gasteiger partial charge in [0.15, 0.2) is 11.5 Å². The number of esters is 1. The van der Waals surface area contributed by atoms with Crippen LogP contribution in [0.2, 0.25) is 0 Å². The molecule has 2 rings (SSSR count). The number of nitrogens with two attached hydrogens (primary N) is 1. The van der Waals surface area contributed by atoms with Crippen molar-refractivity contribution in [2.24, 2.45) is 0 Å². The van der Waals surface area contributed by atoms with Crippen LogP contribution in [0.5, 0.6) is 17.4 Å². The first-order chi connectivity index (χ1) is 10.2. The van der Waals surface area contributed by atoms with Crippen molar-refractivity contribution in [3.05, 3.63) is 42.1 Å². The van der Waals surface area contributed by atoms with E-state index in [4.69, 9.17) is 19.9 Å². The Morgan fingerprint density at radius 1 is 1.29 bits per heavy atom. The Morgan fingerprint density at radius 2 is 2.00 bits per heavy atom. The summed E-state index contributed by atoms with van der Waals surface area (Å²) >= 11 is 0. The molecule has 0 radical (unpaired) electrons. The van der Waals surface area contributed by atoms with E-state index in [1.54, 1.807) is 18.2 Å². The van der Waals surface area contributed by atoms with E-state index in [0.29, 0.717) is 23.8 Å². The Balaban J connectivity index is 2.38. The molecule has 6 nitrogen and oxygen atoms in total. The maximum absolute atomic E-state index is 11.8. The van der Waals surface area contributed by atoms with Crippen LogP contribution in [-0.4, -0.2) is 24.7 Å². The number of methoxy groups -OCH3 is 1. The molecule has 1 aromatic carbocycles. The molecule has 0 saturated carbocycles. The minimum absolute atomic E-state index is 0.114. The molecule has 6 heteroatoms. The third kappa shape index (κ3) is 3.42. The summed E-state index contributed by atoms with van der Waals surface area (Å²) in [6.07, 6.45) is 1.41. The third-order valence-corrected chi connectivity index (χ3v) is 2.63. The number of carbonyl (C=O) groups excluding carboxylic acids is 1. The van der Waals surface area contributed by atoms with Gasteiger partial charge in [0.05, 0.1) is 25.6 Å². The van der Waals surface area contributed by atoms with Crippen LogP contribution < -0.4 is 15.2 Å². The summed E-state index contributed by atoms with van der Waals surface area (Å²) in [7, 11) is 1.28. The molecule has 1 heterocycles. The van der Waals surface area contributed by atoms with E-state index >= 15 is 0 Å². The number of rotatable bonds is 5. The van der Waals surface area contributed by atoms with Crippen LogP contribution in [0, 0.1) is 0 Å². The van der Waals surface area contributed by atoms with E-state index in [9.17, 15) is 4.79 Å². The van der Waals surface area contributed by atoms with Gasteiger partial charge < -0.3 is 19.9 Å². The van der Waals surface area contributed by atoms with Crippen molar-refractivity contribution in [3.63, 3.8) is 0 Å². The van der Waals surface area contributed by atoms with Gasteiger partial charge in [-0.25, -0.2) is 9.78 Å². The molecule has 2 N–H and O–H groups in total. The number of hydrogen-bond donors (Lipinski definition) is 1. The molecule has 2 aromatic rings. The average molecular weight is 288 g/mol. The molecule has 21 heavy (non-hydrogen) atoms. The van der Waals surface area contributed by atoms with E-state index in [1.165, 1.54) is 19.4 Å². The molecule has 0 atom stereocenters. The molecule has 0 aliphatic carbocycles. The van der Waals surface area contributed by atoms with Crippen LogP contribution in [0.15, 0.2) is 36.5 Å². The average Bonchev–Trinajstić information content (AvgIpc) is 2.50. The lowest BCUT2D eigenvalue weighted by Gasteiger charge is -2.12. The van der Waals surface area contributed by atoms with Gasteiger partial charge in [-0.15, -0.1) is 0 Å². The van der Waals surface area contributed by atoms with Crippen molar-refractivity contribution < 1.29 is 19.0 Å². The molecule has 0 spiro atoms. The van der Waals surface area contributed by atoms with Gasteiger partial charge >= 0.3 is 5.97 Å². The highest BCUT2D eigenvalue weighted by Gasteiger charge is 2.17. The number of para-hydroxylation sites is 2. The second-order valence-corrected chi connectivity index (χ2v) is 4.09.